The van der Waals surface area contributed by atoms with Crippen molar-refractivity contribution in [2.75, 3.05) is 11.9 Å². The standard InChI is InChI=1S/C23H24BrNO2/c1-2-27-21-14-8-17(9-15-21)22(25-20-12-10-19(24)11-13-20)16-23(26)18-6-4-3-5-7-18/h3-15,22-23,25-26H,2,16H2,1H3. The summed E-state index contributed by atoms with van der Waals surface area (Å²) in [5.41, 5.74) is 3.04. The van der Waals surface area contributed by atoms with Gasteiger partial charge in [0.2, 0.25) is 0 Å². The normalized spacial score (nSPS) is 13.0. The van der Waals surface area contributed by atoms with Gasteiger partial charge in [-0.2, -0.15) is 0 Å². The van der Waals surface area contributed by atoms with Gasteiger partial charge in [0.05, 0.1) is 18.8 Å². The number of benzene rings is 3. The number of nitrogens with one attached hydrogen (secondary N) is 1. The van der Waals surface area contributed by atoms with Crippen LogP contribution in [0.1, 0.15) is 36.6 Å². The molecule has 2 unspecified atom stereocenters. The van der Waals surface area contributed by atoms with Gasteiger partial charge in [-0.15, -0.1) is 0 Å². The van der Waals surface area contributed by atoms with E-state index in [1.807, 2.05) is 73.7 Å². The summed E-state index contributed by atoms with van der Waals surface area (Å²) in [5.74, 6) is 0.854. The Hall–Kier alpha value is -2.30. The highest BCUT2D eigenvalue weighted by molar-refractivity contribution is 9.10. The van der Waals surface area contributed by atoms with Gasteiger partial charge in [0.15, 0.2) is 0 Å². The second-order valence-electron chi connectivity index (χ2n) is 6.37. The fourth-order valence-electron chi connectivity index (χ4n) is 3.02. The van der Waals surface area contributed by atoms with Gasteiger partial charge >= 0.3 is 0 Å². The van der Waals surface area contributed by atoms with Gasteiger partial charge in [0.1, 0.15) is 5.75 Å². The molecule has 140 valence electrons. The first-order chi connectivity index (χ1) is 13.2. The summed E-state index contributed by atoms with van der Waals surface area (Å²) < 4.78 is 6.58. The second-order valence-corrected chi connectivity index (χ2v) is 7.28. The first-order valence-corrected chi connectivity index (χ1v) is 9.93. The highest BCUT2D eigenvalue weighted by Crippen LogP contribution is 2.31. The van der Waals surface area contributed by atoms with Gasteiger partial charge in [-0.1, -0.05) is 58.4 Å². The number of rotatable bonds is 8. The van der Waals surface area contributed by atoms with Crippen LogP contribution in [-0.2, 0) is 0 Å². The van der Waals surface area contributed by atoms with Gasteiger partial charge in [0, 0.05) is 16.6 Å². The Morgan fingerprint density at radius 3 is 2.19 bits per heavy atom. The smallest absolute Gasteiger partial charge is 0.119 e. The van der Waals surface area contributed by atoms with Crippen LogP contribution in [0.4, 0.5) is 5.69 Å². The van der Waals surface area contributed by atoms with Crippen molar-refractivity contribution >= 4 is 21.6 Å². The zero-order valence-corrected chi connectivity index (χ0v) is 16.9. The summed E-state index contributed by atoms with van der Waals surface area (Å²) in [6, 6.07) is 25.9. The monoisotopic (exact) mass is 425 g/mol. The number of aliphatic hydroxyl groups is 1. The molecular formula is C23H24BrNO2. The molecule has 0 aliphatic rings. The van der Waals surface area contributed by atoms with Gasteiger partial charge in [0.25, 0.3) is 0 Å². The van der Waals surface area contributed by atoms with Gasteiger partial charge in [-0.3, -0.25) is 0 Å². The molecule has 0 heterocycles. The van der Waals surface area contributed by atoms with E-state index >= 15 is 0 Å². The Morgan fingerprint density at radius 1 is 0.889 bits per heavy atom. The lowest BCUT2D eigenvalue weighted by atomic mass is 9.96. The van der Waals surface area contributed by atoms with Crippen molar-refractivity contribution in [2.45, 2.75) is 25.5 Å². The molecule has 0 saturated heterocycles. The first-order valence-electron chi connectivity index (χ1n) is 9.13. The first kappa shape index (κ1) is 19.5. The summed E-state index contributed by atoms with van der Waals surface area (Å²) in [4.78, 5) is 0. The summed E-state index contributed by atoms with van der Waals surface area (Å²) >= 11 is 3.47. The molecule has 0 amide bonds. The number of hydrogen-bond acceptors (Lipinski definition) is 3. The molecule has 0 saturated carbocycles. The van der Waals surface area contributed by atoms with Gasteiger partial charge in [-0.25, -0.2) is 0 Å². The van der Waals surface area contributed by atoms with Crippen LogP contribution in [0.15, 0.2) is 83.3 Å². The van der Waals surface area contributed by atoms with Crippen LogP contribution in [0.3, 0.4) is 0 Å². The highest BCUT2D eigenvalue weighted by Gasteiger charge is 2.18. The lowest BCUT2D eigenvalue weighted by Gasteiger charge is -2.24. The van der Waals surface area contributed by atoms with Crippen LogP contribution in [0, 0.1) is 0 Å². The van der Waals surface area contributed by atoms with Gasteiger partial charge < -0.3 is 15.2 Å². The van der Waals surface area contributed by atoms with Crippen molar-refractivity contribution in [2.24, 2.45) is 0 Å². The zero-order valence-electron chi connectivity index (χ0n) is 15.3. The maximum atomic E-state index is 10.7. The lowest BCUT2D eigenvalue weighted by molar-refractivity contribution is 0.160. The Labute approximate surface area is 169 Å². The van der Waals surface area contributed by atoms with E-state index in [0.29, 0.717) is 13.0 Å². The molecular weight excluding hydrogens is 402 g/mol. The molecule has 0 spiro atoms. The minimum Gasteiger partial charge on any atom is -0.494 e. The number of ether oxygens (including phenoxy) is 1. The molecule has 2 atom stereocenters. The molecule has 0 aromatic heterocycles. The average Bonchev–Trinajstić information content (AvgIpc) is 2.70. The van der Waals surface area contributed by atoms with Crippen LogP contribution >= 0.6 is 15.9 Å². The van der Waals surface area contributed by atoms with Crippen molar-refractivity contribution in [3.8, 4) is 5.75 Å². The molecule has 3 nitrogen and oxygen atoms in total. The van der Waals surface area contributed by atoms with E-state index < -0.39 is 6.10 Å². The Kier molecular flexibility index (Phi) is 6.91. The third kappa shape index (κ3) is 5.59. The molecule has 0 aliphatic heterocycles. The van der Waals surface area contributed by atoms with Gasteiger partial charge in [-0.05, 0) is 54.4 Å². The number of anilines is 1. The molecule has 0 radical (unpaired) electrons. The molecule has 2 N–H and O–H groups in total. The van der Waals surface area contributed by atoms with Crippen molar-refractivity contribution in [3.63, 3.8) is 0 Å². The summed E-state index contributed by atoms with van der Waals surface area (Å²) in [6.45, 7) is 2.62. The van der Waals surface area contributed by atoms with Crippen molar-refractivity contribution < 1.29 is 9.84 Å². The van der Waals surface area contributed by atoms with E-state index in [1.165, 1.54) is 0 Å². The van der Waals surface area contributed by atoms with E-state index in [9.17, 15) is 5.11 Å². The van der Waals surface area contributed by atoms with Crippen LogP contribution in [0.2, 0.25) is 0 Å². The summed E-state index contributed by atoms with van der Waals surface area (Å²) in [6.07, 6.45) is 0.0133. The maximum Gasteiger partial charge on any atom is 0.119 e. The molecule has 3 aromatic rings. The number of hydrogen-bond donors (Lipinski definition) is 2. The van der Waals surface area contributed by atoms with Crippen LogP contribution < -0.4 is 10.1 Å². The quantitative estimate of drug-likeness (QED) is 0.456. The van der Waals surface area contributed by atoms with E-state index in [4.69, 9.17) is 4.74 Å². The molecule has 27 heavy (non-hydrogen) atoms. The maximum absolute atomic E-state index is 10.7. The van der Waals surface area contributed by atoms with Crippen LogP contribution in [0.5, 0.6) is 5.75 Å². The largest absolute Gasteiger partial charge is 0.494 e. The fraction of sp³-hybridized carbons (Fsp3) is 0.217. The minimum absolute atomic E-state index is 0.0305. The predicted octanol–water partition coefficient (Wildman–Crippen LogP) is 6.12. The topological polar surface area (TPSA) is 41.5 Å². The Morgan fingerprint density at radius 2 is 1.56 bits per heavy atom. The fourth-order valence-corrected chi connectivity index (χ4v) is 3.29. The third-order valence-electron chi connectivity index (χ3n) is 4.42. The zero-order chi connectivity index (χ0) is 19.1. The lowest BCUT2D eigenvalue weighted by Crippen LogP contribution is -2.15. The van der Waals surface area contributed by atoms with Crippen LogP contribution in [-0.4, -0.2) is 11.7 Å². The van der Waals surface area contributed by atoms with Crippen molar-refractivity contribution in [1.29, 1.82) is 0 Å². The van der Waals surface area contributed by atoms with E-state index in [1.54, 1.807) is 0 Å². The number of aliphatic hydroxyl groups excluding tert-OH is 1. The van der Waals surface area contributed by atoms with E-state index in [0.717, 1.165) is 27.0 Å². The van der Waals surface area contributed by atoms with E-state index in [2.05, 4.69) is 33.4 Å². The molecule has 3 aromatic carbocycles. The summed E-state index contributed by atoms with van der Waals surface area (Å²) in [5, 5.41) is 14.3. The second kappa shape index (κ2) is 9.58. The highest BCUT2D eigenvalue weighted by atomic mass is 79.9. The third-order valence-corrected chi connectivity index (χ3v) is 4.95. The predicted molar refractivity (Wildman–Crippen MR) is 114 cm³/mol. The molecule has 0 aliphatic carbocycles. The minimum atomic E-state index is -0.550. The van der Waals surface area contributed by atoms with Crippen molar-refractivity contribution in [3.05, 3.63) is 94.5 Å². The SMILES string of the molecule is CCOc1ccc(C(CC(O)c2ccccc2)Nc2ccc(Br)cc2)cc1. The Balaban J connectivity index is 1.82. The van der Waals surface area contributed by atoms with E-state index in [-0.39, 0.29) is 6.04 Å². The van der Waals surface area contributed by atoms with Crippen LogP contribution in [0.25, 0.3) is 0 Å². The van der Waals surface area contributed by atoms with Crippen molar-refractivity contribution in [1.82, 2.24) is 0 Å². The molecule has 0 fully saturated rings. The molecule has 3 rings (SSSR count). The number of halogens is 1. The summed E-state index contributed by atoms with van der Waals surface area (Å²) in [7, 11) is 0. The molecule has 0 bridgehead atoms. The molecule has 4 heteroatoms. The average molecular weight is 426 g/mol. The Bertz CT molecular complexity index is 819.